The second kappa shape index (κ2) is 4.62. The summed E-state index contributed by atoms with van der Waals surface area (Å²) in [5, 5.41) is 0. The first-order valence-electron chi connectivity index (χ1n) is 5.27. The molecule has 1 fully saturated rings. The fourth-order valence-corrected chi connectivity index (χ4v) is 1.69. The van der Waals surface area contributed by atoms with Crippen LogP contribution in [-0.4, -0.2) is 19.3 Å². The van der Waals surface area contributed by atoms with E-state index in [0.29, 0.717) is 17.9 Å². The maximum Gasteiger partial charge on any atom is 0.167 e. The maximum atomic E-state index is 13.5. The summed E-state index contributed by atoms with van der Waals surface area (Å²) in [6, 6.07) is 5.18. The number of halogens is 1. The summed E-state index contributed by atoms with van der Waals surface area (Å²) >= 11 is 0. The van der Waals surface area contributed by atoms with Crippen LogP contribution in [0.15, 0.2) is 18.2 Å². The third kappa shape index (κ3) is 2.48. The summed E-state index contributed by atoms with van der Waals surface area (Å²) in [6.45, 7) is 2.97. The Morgan fingerprint density at radius 3 is 3.13 bits per heavy atom. The molecule has 1 heterocycles. The van der Waals surface area contributed by atoms with Crippen LogP contribution in [0.3, 0.4) is 0 Å². The average Bonchev–Trinajstić information content (AvgIpc) is 2.73. The van der Waals surface area contributed by atoms with E-state index in [2.05, 4.69) is 0 Å². The molecular formula is C12H15FO2. The molecule has 0 spiro atoms. The van der Waals surface area contributed by atoms with E-state index in [-0.39, 0.29) is 11.9 Å². The number of benzene rings is 1. The lowest BCUT2D eigenvalue weighted by Crippen LogP contribution is -2.16. The molecule has 1 atom stereocenters. The highest BCUT2D eigenvalue weighted by atomic mass is 19.1. The van der Waals surface area contributed by atoms with Crippen molar-refractivity contribution in [1.82, 2.24) is 0 Å². The number of aryl methyl sites for hydroxylation is 1. The first kappa shape index (κ1) is 10.4. The Bertz CT molecular complexity index is 332. The molecule has 0 amide bonds. The smallest absolute Gasteiger partial charge is 0.167 e. The molecule has 0 bridgehead atoms. The molecule has 0 aromatic heterocycles. The number of rotatable bonds is 3. The van der Waals surface area contributed by atoms with Crippen LogP contribution in [0.1, 0.15) is 18.4 Å². The third-order valence-electron chi connectivity index (χ3n) is 2.61. The van der Waals surface area contributed by atoms with Crippen LogP contribution in [0.4, 0.5) is 4.39 Å². The molecule has 2 rings (SSSR count). The number of hydrogen-bond acceptors (Lipinski definition) is 2. The summed E-state index contributed by atoms with van der Waals surface area (Å²) in [5.41, 5.74) is 0.611. The van der Waals surface area contributed by atoms with E-state index < -0.39 is 0 Å². The molecule has 1 aromatic carbocycles. The minimum atomic E-state index is -0.268. The standard InChI is InChI=1S/C12H15FO2/c1-9-4-2-6-11(12(9)13)15-8-10-5-3-7-14-10/h2,4,6,10H,3,5,7-8H2,1H3. The van der Waals surface area contributed by atoms with Gasteiger partial charge in [-0.15, -0.1) is 0 Å². The highest BCUT2D eigenvalue weighted by Gasteiger charge is 2.17. The highest BCUT2D eigenvalue weighted by molar-refractivity contribution is 5.30. The average molecular weight is 210 g/mol. The lowest BCUT2D eigenvalue weighted by molar-refractivity contribution is 0.0665. The fourth-order valence-electron chi connectivity index (χ4n) is 1.69. The van der Waals surface area contributed by atoms with Gasteiger partial charge in [-0.05, 0) is 31.4 Å². The van der Waals surface area contributed by atoms with Gasteiger partial charge in [0.15, 0.2) is 11.6 Å². The van der Waals surface area contributed by atoms with Crippen molar-refractivity contribution in [2.45, 2.75) is 25.9 Å². The SMILES string of the molecule is Cc1cccc(OCC2CCCO2)c1F. The lowest BCUT2D eigenvalue weighted by Gasteiger charge is -2.12. The molecule has 1 aliphatic rings. The first-order chi connectivity index (χ1) is 7.27. The minimum absolute atomic E-state index is 0.130. The van der Waals surface area contributed by atoms with E-state index in [0.717, 1.165) is 19.4 Å². The first-order valence-corrected chi connectivity index (χ1v) is 5.27. The van der Waals surface area contributed by atoms with Crippen LogP contribution in [0.25, 0.3) is 0 Å². The van der Waals surface area contributed by atoms with Gasteiger partial charge < -0.3 is 9.47 Å². The Labute approximate surface area is 89.0 Å². The second-order valence-electron chi connectivity index (χ2n) is 3.83. The molecule has 2 nitrogen and oxygen atoms in total. The Hall–Kier alpha value is -1.09. The van der Waals surface area contributed by atoms with Crippen LogP contribution in [0.5, 0.6) is 5.75 Å². The monoisotopic (exact) mass is 210 g/mol. The molecule has 0 radical (unpaired) electrons. The van der Waals surface area contributed by atoms with Crippen molar-refractivity contribution in [3.63, 3.8) is 0 Å². The quantitative estimate of drug-likeness (QED) is 0.763. The molecule has 1 aromatic rings. The van der Waals surface area contributed by atoms with Crippen molar-refractivity contribution in [2.75, 3.05) is 13.2 Å². The molecule has 82 valence electrons. The zero-order valence-electron chi connectivity index (χ0n) is 8.83. The number of hydrogen-bond donors (Lipinski definition) is 0. The van der Waals surface area contributed by atoms with E-state index in [1.54, 1.807) is 25.1 Å². The van der Waals surface area contributed by atoms with Crippen molar-refractivity contribution in [1.29, 1.82) is 0 Å². The van der Waals surface area contributed by atoms with Gasteiger partial charge >= 0.3 is 0 Å². The molecule has 1 saturated heterocycles. The Kier molecular flexibility index (Phi) is 3.21. The van der Waals surface area contributed by atoms with Gasteiger partial charge in [0.05, 0.1) is 6.10 Å². The summed E-state index contributed by atoms with van der Waals surface area (Å²) in [6.07, 6.45) is 2.21. The molecule has 0 saturated carbocycles. The molecule has 1 aliphatic heterocycles. The maximum absolute atomic E-state index is 13.5. The van der Waals surface area contributed by atoms with Crippen LogP contribution in [0, 0.1) is 12.7 Å². The van der Waals surface area contributed by atoms with Gasteiger partial charge in [0.2, 0.25) is 0 Å². The normalized spacial score (nSPS) is 20.5. The second-order valence-corrected chi connectivity index (χ2v) is 3.83. The zero-order valence-corrected chi connectivity index (χ0v) is 8.83. The van der Waals surface area contributed by atoms with E-state index >= 15 is 0 Å². The molecule has 3 heteroatoms. The summed E-state index contributed by atoms with van der Waals surface area (Å²) < 4.78 is 24.3. The highest BCUT2D eigenvalue weighted by Crippen LogP contribution is 2.21. The van der Waals surface area contributed by atoms with Gasteiger partial charge in [-0.1, -0.05) is 12.1 Å². The summed E-state index contributed by atoms with van der Waals surface area (Å²) in [7, 11) is 0. The Morgan fingerprint density at radius 2 is 2.40 bits per heavy atom. The fraction of sp³-hybridized carbons (Fsp3) is 0.500. The van der Waals surface area contributed by atoms with Crippen molar-refractivity contribution >= 4 is 0 Å². The van der Waals surface area contributed by atoms with Crippen LogP contribution in [-0.2, 0) is 4.74 Å². The van der Waals surface area contributed by atoms with E-state index in [1.165, 1.54) is 0 Å². The molecule has 1 unspecified atom stereocenters. The zero-order chi connectivity index (χ0) is 10.7. The van der Waals surface area contributed by atoms with Crippen molar-refractivity contribution in [3.8, 4) is 5.75 Å². The van der Waals surface area contributed by atoms with Gasteiger partial charge in [-0.3, -0.25) is 0 Å². The number of ether oxygens (including phenoxy) is 2. The van der Waals surface area contributed by atoms with Gasteiger partial charge in [-0.2, -0.15) is 0 Å². The van der Waals surface area contributed by atoms with Crippen LogP contribution < -0.4 is 4.74 Å². The summed E-state index contributed by atoms with van der Waals surface area (Å²) in [5.74, 6) is 0.0565. The van der Waals surface area contributed by atoms with Crippen molar-refractivity contribution in [2.24, 2.45) is 0 Å². The molecule has 15 heavy (non-hydrogen) atoms. The Morgan fingerprint density at radius 1 is 1.53 bits per heavy atom. The van der Waals surface area contributed by atoms with Crippen molar-refractivity contribution < 1.29 is 13.9 Å². The predicted octanol–water partition coefficient (Wildman–Crippen LogP) is 2.69. The van der Waals surface area contributed by atoms with Gasteiger partial charge in [0.1, 0.15) is 6.61 Å². The topological polar surface area (TPSA) is 18.5 Å². The molecular weight excluding hydrogens is 195 g/mol. The molecule has 0 aliphatic carbocycles. The van der Waals surface area contributed by atoms with Crippen LogP contribution in [0.2, 0.25) is 0 Å². The van der Waals surface area contributed by atoms with Gasteiger partial charge in [0.25, 0.3) is 0 Å². The predicted molar refractivity (Wildman–Crippen MR) is 55.6 cm³/mol. The molecule has 0 N–H and O–H groups in total. The van der Waals surface area contributed by atoms with E-state index in [1.807, 2.05) is 0 Å². The van der Waals surface area contributed by atoms with Crippen molar-refractivity contribution in [3.05, 3.63) is 29.6 Å². The summed E-state index contributed by atoms with van der Waals surface area (Å²) in [4.78, 5) is 0. The minimum Gasteiger partial charge on any atom is -0.488 e. The lowest BCUT2D eigenvalue weighted by atomic mass is 10.2. The van der Waals surface area contributed by atoms with Crippen LogP contribution >= 0.6 is 0 Å². The third-order valence-corrected chi connectivity index (χ3v) is 2.61. The Balaban J connectivity index is 1.95. The van der Waals surface area contributed by atoms with Gasteiger partial charge in [-0.25, -0.2) is 4.39 Å². The van der Waals surface area contributed by atoms with E-state index in [9.17, 15) is 4.39 Å². The largest absolute Gasteiger partial charge is 0.488 e. The van der Waals surface area contributed by atoms with E-state index in [4.69, 9.17) is 9.47 Å². The van der Waals surface area contributed by atoms with Gasteiger partial charge in [0, 0.05) is 6.61 Å².